The molecule has 1 heterocycles. The van der Waals surface area contributed by atoms with Gasteiger partial charge in [0.25, 0.3) is 0 Å². The van der Waals surface area contributed by atoms with Crippen molar-refractivity contribution in [1.29, 1.82) is 0 Å². The first-order valence-electron chi connectivity index (χ1n) is 7.53. The van der Waals surface area contributed by atoms with Crippen LogP contribution in [0.4, 0.5) is 0 Å². The maximum Gasteiger partial charge on any atom is 0.191 e. The fraction of sp³-hybridized carbons (Fsp3) is 0.857. The van der Waals surface area contributed by atoms with Crippen molar-refractivity contribution in [3.8, 4) is 0 Å². The normalized spacial score (nSPS) is 19.0. The number of aromatic nitrogens is 3. The zero-order valence-corrected chi connectivity index (χ0v) is 12.9. The van der Waals surface area contributed by atoms with Gasteiger partial charge in [-0.2, -0.15) is 0 Å². The van der Waals surface area contributed by atoms with E-state index in [1.165, 1.54) is 55.9 Å². The van der Waals surface area contributed by atoms with Crippen LogP contribution in [0.15, 0.2) is 5.16 Å². The summed E-state index contributed by atoms with van der Waals surface area (Å²) in [6.45, 7) is 0. The fourth-order valence-electron chi connectivity index (χ4n) is 2.40. The first-order valence-corrected chi connectivity index (χ1v) is 9.05. The Morgan fingerprint density at radius 2 is 1.84 bits per heavy atom. The first-order chi connectivity index (χ1) is 9.40. The Morgan fingerprint density at radius 3 is 2.53 bits per heavy atom. The van der Waals surface area contributed by atoms with E-state index in [-0.39, 0.29) is 0 Å². The third-order valence-electron chi connectivity index (χ3n) is 3.80. The van der Waals surface area contributed by atoms with E-state index in [2.05, 4.69) is 14.8 Å². The van der Waals surface area contributed by atoms with Gasteiger partial charge in [-0.15, -0.1) is 21.8 Å². The summed E-state index contributed by atoms with van der Waals surface area (Å²) < 4.78 is 2.45. The lowest BCUT2D eigenvalue weighted by Crippen LogP contribution is -2.02. The molecule has 2 aliphatic carbocycles. The van der Waals surface area contributed by atoms with Gasteiger partial charge in [-0.05, 0) is 38.5 Å². The van der Waals surface area contributed by atoms with Gasteiger partial charge in [0.1, 0.15) is 5.82 Å². The molecule has 0 bridgehead atoms. The highest BCUT2D eigenvalue weighted by molar-refractivity contribution is 7.99. The van der Waals surface area contributed by atoms with E-state index >= 15 is 0 Å². The summed E-state index contributed by atoms with van der Waals surface area (Å²) in [5.41, 5.74) is 0. The molecular weight excluding hydrogens is 278 g/mol. The molecule has 5 heteroatoms. The van der Waals surface area contributed by atoms with E-state index < -0.39 is 0 Å². The quantitative estimate of drug-likeness (QED) is 0.385. The monoisotopic (exact) mass is 299 g/mol. The van der Waals surface area contributed by atoms with E-state index in [9.17, 15) is 0 Å². The van der Waals surface area contributed by atoms with Gasteiger partial charge >= 0.3 is 0 Å². The Kier molecular flexibility index (Phi) is 4.69. The van der Waals surface area contributed by atoms with E-state index in [1.54, 1.807) is 0 Å². The molecule has 19 heavy (non-hydrogen) atoms. The molecule has 0 unspecified atom stereocenters. The number of hydrogen-bond acceptors (Lipinski definition) is 3. The van der Waals surface area contributed by atoms with Crippen LogP contribution in [0.25, 0.3) is 0 Å². The molecule has 0 radical (unpaired) electrons. The van der Waals surface area contributed by atoms with Crippen molar-refractivity contribution in [3.05, 3.63) is 5.82 Å². The second kappa shape index (κ2) is 6.49. The highest BCUT2D eigenvalue weighted by Gasteiger charge is 2.36. The molecule has 106 valence electrons. The minimum absolute atomic E-state index is 0.712. The minimum atomic E-state index is 0.712. The highest BCUT2D eigenvalue weighted by atomic mass is 35.5. The first kappa shape index (κ1) is 13.7. The predicted octanol–water partition coefficient (Wildman–Crippen LogP) is 4.38. The Bertz CT molecular complexity index is 413. The molecule has 0 aliphatic heterocycles. The highest BCUT2D eigenvalue weighted by Crippen LogP contribution is 2.46. The third-order valence-corrected chi connectivity index (χ3v) is 5.10. The number of rotatable bonds is 9. The third kappa shape index (κ3) is 3.66. The van der Waals surface area contributed by atoms with Gasteiger partial charge in [0.2, 0.25) is 0 Å². The summed E-state index contributed by atoms with van der Waals surface area (Å²) in [4.78, 5) is 0. The van der Waals surface area contributed by atoms with Crippen LogP contribution in [0.1, 0.15) is 69.2 Å². The number of thioether (sulfide) groups is 1. The molecule has 0 atom stereocenters. The standard InChI is InChI=1S/C14H22ClN3S/c15-9-3-1-2-4-10-19-14-17-16-13(11-5-6-11)18(14)12-7-8-12/h11-12H,1-10H2. The Hall–Kier alpha value is -0.220. The zero-order chi connectivity index (χ0) is 13.1. The molecule has 0 saturated heterocycles. The fourth-order valence-corrected chi connectivity index (χ4v) is 3.60. The molecule has 2 saturated carbocycles. The number of unbranched alkanes of at least 4 members (excludes halogenated alkanes) is 3. The maximum atomic E-state index is 5.68. The van der Waals surface area contributed by atoms with Crippen molar-refractivity contribution in [1.82, 2.24) is 14.8 Å². The topological polar surface area (TPSA) is 30.7 Å². The second-order valence-corrected chi connectivity index (χ2v) is 7.11. The van der Waals surface area contributed by atoms with E-state index in [1.807, 2.05) is 11.8 Å². The summed E-state index contributed by atoms with van der Waals surface area (Å²) in [6.07, 6.45) is 10.2. The lowest BCUT2D eigenvalue weighted by molar-refractivity contribution is 0.626. The van der Waals surface area contributed by atoms with Gasteiger partial charge < -0.3 is 4.57 Å². The van der Waals surface area contributed by atoms with Crippen molar-refractivity contribution in [2.75, 3.05) is 11.6 Å². The van der Waals surface area contributed by atoms with Gasteiger partial charge in [-0.1, -0.05) is 24.6 Å². The van der Waals surface area contributed by atoms with Crippen LogP contribution < -0.4 is 0 Å². The lowest BCUT2D eigenvalue weighted by Gasteiger charge is -2.07. The van der Waals surface area contributed by atoms with E-state index in [0.717, 1.165) is 18.1 Å². The van der Waals surface area contributed by atoms with Crippen molar-refractivity contribution >= 4 is 23.4 Å². The van der Waals surface area contributed by atoms with Crippen LogP contribution in [-0.2, 0) is 0 Å². The molecule has 1 aromatic rings. The Balaban J connectivity index is 1.50. The Morgan fingerprint density at radius 1 is 1.05 bits per heavy atom. The molecule has 3 nitrogen and oxygen atoms in total. The minimum Gasteiger partial charge on any atom is -0.303 e. The lowest BCUT2D eigenvalue weighted by atomic mass is 10.2. The predicted molar refractivity (Wildman–Crippen MR) is 80.2 cm³/mol. The van der Waals surface area contributed by atoms with E-state index in [0.29, 0.717) is 12.0 Å². The summed E-state index contributed by atoms with van der Waals surface area (Å²) in [6, 6.07) is 0.712. The molecule has 2 fully saturated rings. The van der Waals surface area contributed by atoms with Gasteiger partial charge in [-0.25, -0.2) is 0 Å². The van der Waals surface area contributed by atoms with Gasteiger partial charge in [0.15, 0.2) is 5.16 Å². The van der Waals surface area contributed by atoms with Crippen molar-refractivity contribution in [3.63, 3.8) is 0 Å². The summed E-state index contributed by atoms with van der Waals surface area (Å²) in [5, 5.41) is 10.0. The maximum absolute atomic E-state index is 5.68. The van der Waals surface area contributed by atoms with Crippen LogP contribution in [-0.4, -0.2) is 26.4 Å². The average Bonchev–Trinajstić information content (AvgIpc) is 3.32. The largest absolute Gasteiger partial charge is 0.303 e. The smallest absolute Gasteiger partial charge is 0.191 e. The average molecular weight is 300 g/mol. The summed E-state index contributed by atoms with van der Waals surface area (Å²) >= 11 is 7.58. The second-order valence-electron chi connectivity index (χ2n) is 5.67. The number of nitrogens with zero attached hydrogens (tertiary/aromatic N) is 3. The van der Waals surface area contributed by atoms with Crippen LogP contribution in [0.2, 0.25) is 0 Å². The molecule has 1 aromatic heterocycles. The van der Waals surface area contributed by atoms with Gasteiger partial charge in [0.05, 0.1) is 0 Å². The number of hydrogen-bond donors (Lipinski definition) is 0. The molecule has 0 amide bonds. The van der Waals surface area contributed by atoms with Crippen LogP contribution in [0.5, 0.6) is 0 Å². The zero-order valence-electron chi connectivity index (χ0n) is 11.4. The van der Waals surface area contributed by atoms with Crippen LogP contribution in [0, 0.1) is 0 Å². The Labute approximate surface area is 124 Å². The van der Waals surface area contributed by atoms with Crippen LogP contribution >= 0.6 is 23.4 Å². The van der Waals surface area contributed by atoms with E-state index in [4.69, 9.17) is 11.6 Å². The molecule has 0 N–H and O–H groups in total. The van der Waals surface area contributed by atoms with Gasteiger partial charge in [0, 0.05) is 23.6 Å². The van der Waals surface area contributed by atoms with Crippen molar-refractivity contribution < 1.29 is 0 Å². The molecule has 3 rings (SSSR count). The number of halogens is 1. The molecule has 2 aliphatic rings. The van der Waals surface area contributed by atoms with Crippen molar-refractivity contribution in [2.45, 2.75) is 68.5 Å². The molecule has 0 aromatic carbocycles. The summed E-state index contributed by atoms with van der Waals surface area (Å²) in [7, 11) is 0. The molecular formula is C14H22ClN3S. The summed E-state index contributed by atoms with van der Waals surface area (Å²) in [5.74, 6) is 3.95. The molecule has 0 spiro atoms. The SMILES string of the molecule is ClCCCCCCSc1nnc(C2CC2)n1C1CC1. The number of alkyl halides is 1. The van der Waals surface area contributed by atoms with Crippen LogP contribution in [0.3, 0.4) is 0 Å². The van der Waals surface area contributed by atoms with Gasteiger partial charge in [-0.3, -0.25) is 0 Å². The van der Waals surface area contributed by atoms with Crippen molar-refractivity contribution in [2.24, 2.45) is 0 Å².